The Hall–Kier alpha value is -1.75. The molecule has 3 rings (SSSR count). The van der Waals surface area contributed by atoms with Crippen LogP contribution in [0.5, 0.6) is 0 Å². The molecule has 2 heterocycles. The van der Waals surface area contributed by atoms with Gasteiger partial charge in [-0.15, -0.1) is 0 Å². The van der Waals surface area contributed by atoms with Crippen LogP contribution < -0.4 is 11.1 Å². The summed E-state index contributed by atoms with van der Waals surface area (Å²) in [6.45, 7) is 1.97. The second-order valence-corrected chi connectivity index (χ2v) is 4.65. The predicted octanol–water partition coefficient (Wildman–Crippen LogP) is 1.82. The minimum atomic E-state index is -0.295. The van der Waals surface area contributed by atoms with Crippen LogP contribution >= 0.6 is 0 Å². The highest BCUT2D eigenvalue weighted by Crippen LogP contribution is 2.30. The van der Waals surface area contributed by atoms with Gasteiger partial charge in [-0.3, -0.25) is 0 Å². The van der Waals surface area contributed by atoms with Crippen LogP contribution in [0.3, 0.4) is 0 Å². The summed E-state index contributed by atoms with van der Waals surface area (Å²) in [6, 6.07) is 4.62. The summed E-state index contributed by atoms with van der Waals surface area (Å²) in [6.07, 6.45) is 2.06. The third-order valence-corrected chi connectivity index (χ3v) is 3.43. The first kappa shape index (κ1) is 11.3. The summed E-state index contributed by atoms with van der Waals surface area (Å²) < 4.78 is 13.2. The Balaban J connectivity index is 2.14. The smallest absolute Gasteiger partial charge is 0.220 e. The van der Waals surface area contributed by atoms with Crippen LogP contribution in [0.4, 0.5) is 10.3 Å². The molecule has 0 atom stereocenters. The quantitative estimate of drug-likeness (QED) is 0.805. The number of hydrogen-bond acceptors (Lipinski definition) is 4. The molecule has 3 N–H and O–H groups in total. The van der Waals surface area contributed by atoms with Crippen molar-refractivity contribution in [3.05, 3.63) is 29.7 Å². The Labute approximate surface area is 104 Å². The van der Waals surface area contributed by atoms with Gasteiger partial charge in [-0.1, -0.05) is 0 Å². The zero-order valence-corrected chi connectivity index (χ0v) is 9.99. The van der Waals surface area contributed by atoms with Crippen molar-refractivity contribution in [3.63, 3.8) is 0 Å². The molecule has 94 valence electrons. The first-order chi connectivity index (χ1) is 8.74. The van der Waals surface area contributed by atoms with Gasteiger partial charge in [0, 0.05) is 17.4 Å². The van der Waals surface area contributed by atoms with E-state index in [-0.39, 0.29) is 11.8 Å². The van der Waals surface area contributed by atoms with Crippen molar-refractivity contribution in [1.29, 1.82) is 0 Å². The van der Waals surface area contributed by atoms with Crippen LogP contribution in [-0.4, -0.2) is 23.1 Å². The van der Waals surface area contributed by atoms with Crippen molar-refractivity contribution >= 4 is 16.9 Å². The lowest BCUT2D eigenvalue weighted by Crippen LogP contribution is -2.27. The molecule has 1 aliphatic rings. The van der Waals surface area contributed by atoms with Crippen LogP contribution in [0, 0.1) is 5.82 Å². The van der Waals surface area contributed by atoms with E-state index in [4.69, 9.17) is 5.73 Å². The Bertz CT molecular complexity index is 573. The lowest BCUT2D eigenvalue weighted by atomic mass is 9.92. The van der Waals surface area contributed by atoms with Crippen LogP contribution in [0.15, 0.2) is 18.2 Å². The molecule has 0 aliphatic carbocycles. The van der Waals surface area contributed by atoms with Gasteiger partial charge in [-0.2, -0.15) is 0 Å². The van der Waals surface area contributed by atoms with Gasteiger partial charge in [-0.25, -0.2) is 14.4 Å². The van der Waals surface area contributed by atoms with Crippen LogP contribution in [0.2, 0.25) is 0 Å². The van der Waals surface area contributed by atoms with Crippen molar-refractivity contribution in [2.75, 3.05) is 18.8 Å². The standard InChI is InChI=1S/C13H15FN4/c14-9-1-2-10-11(7-9)17-13(15)18-12(10)8-3-5-16-6-4-8/h1-2,7-8,16H,3-6H2,(H2,15,17,18). The average molecular weight is 246 g/mol. The SMILES string of the molecule is Nc1nc(C2CCNCC2)c2ccc(F)cc2n1. The van der Waals surface area contributed by atoms with E-state index in [2.05, 4.69) is 15.3 Å². The van der Waals surface area contributed by atoms with Gasteiger partial charge < -0.3 is 11.1 Å². The van der Waals surface area contributed by atoms with Crippen molar-refractivity contribution in [3.8, 4) is 0 Å². The highest BCUT2D eigenvalue weighted by atomic mass is 19.1. The van der Waals surface area contributed by atoms with E-state index in [9.17, 15) is 4.39 Å². The molecule has 0 unspecified atom stereocenters. The van der Waals surface area contributed by atoms with Gasteiger partial charge in [0.1, 0.15) is 5.82 Å². The van der Waals surface area contributed by atoms with E-state index in [1.165, 1.54) is 12.1 Å². The molecule has 0 amide bonds. The number of nitrogens with one attached hydrogen (secondary N) is 1. The predicted molar refractivity (Wildman–Crippen MR) is 68.8 cm³/mol. The molecule has 4 nitrogen and oxygen atoms in total. The summed E-state index contributed by atoms with van der Waals surface area (Å²) in [4.78, 5) is 8.47. The molecular formula is C13H15FN4. The minimum Gasteiger partial charge on any atom is -0.368 e. The molecule has 5 heteroatoms. The minimum absolute atomic E-state index is 0.224. The number of nitrogens with two attached hydrogens (primary N) is 1. The zero-order chi connectivity index (χ0) is 12.5. The maximum atomic E-state index is 13.2. The number of aromatic nitrogens is 2. The molecule has 1 aromatic heterocycles. The summed E-state index contributed by atoms with van der Waals surface area (Å²) >= 11 is 0. The molecule has 0 radical (unpaired) electrons. The number of nitrogens with zero attached hydrogens (tertiary/aromatic N) is 2. The second kappa shape index (κ2) is 4.49. The van der Waals surface area contributed by atoms with Crippen molar-refractivity contribution in [1.82, 2.24) is 15.3 Å². The maximum absolute atomic E-state index is 13.2. The number of nitrogen functional groups attached to an aromatic ring is 1. The van der Waals surface area contributed by atoms with E-state index in [0.717, 1.165) is 37.0 Å². The van der Waals surface area contributed by atoms with Crippen molar-refractivity contribution in [2.45, 2.75) is 18.8 Å². The Morgan fingerprint density at radius 2 is 2.00 bits per heavy atom. The normalized spacial score (nSPS) is 17.2. The molecule has 2 aromatic rings. The molecular weight excluding hydrogens is 231 g/mol. The largest absolute Gasteiger partial charge is 0.368 e. The van der Waals surface area contributed by atoms with E-state index in [1.54, 1.807) is 6.07 Å². The molecule has 18 heavy (non-hydrogen) atoms. The van der Waals surface area contributed by atoms with E-state index < -0.39 is 0 Å². The Morgan fingerprint density at radius 1 is 1.22 bits per heavy atom. The fraction of sp³-hybridized carbons (Fsp3) is 0.385. The van der Waals surface area contributed by atoms with Gasteiger partial charge >= 0.3 is 0 Å². The monoisotopic (exact) mass is 246 g/mol. The van der Waals surface area contributed by atoms with Crippen LogP contribution in [-0.2, 0) is 0 Å². The topological polar surface area (TPSA) is 63.8 Å². The number of fused-ring (bicyclic) bond motifs is 1. The maximum Gasteiger partial charge on any atom is 0.220 e. The van der Waals surface area contributed by atoms with Gasteiger partial charge in [0.05, 0.1) is 11.2 Å². The third kappa shape index (κ3) is 2.01. The zero-order valence-electron chi connectivity index (χ0n) is 9.99. The molecule has 0 saturated carbocycles. The molecule has 0 spiro atoms. The Kier molecular flexibility index (Phi) is 2.83. The van der Waals surface area contributed by atoms with Gasteiger partial charge in [0.15, 0.2) is 0 Å². The lowest BCUT2D eigenvalue weighted by Gasteiger charge is -2.23. The second-order valence-electron chi connectivity index (χ2n) is 4.65. The lowest BCUT2D eigenvalue weighted by molar-refractivity contribution is 0.455. The van der Waals surface area contributed by atoms with E-state index in [1.807, 2.05) is 0 Å². The summed E-state index contributed by atoms with van der Waals surface area (Å²) in [7, 11) is 0. The molecule has 1 saturated heterocycles. The highest BCUT2D eigenvalue weighted by Gasteiger charge is 2.20. The van der Waals surface area contributed by atoms with E-state index >= 15 is 0 Å². The molecule has 1 aliphatic heterocycles. The average Bonchev–Trinajstić information content (AvgIpc) is 2.38. The molecule has 1 fully saturated rings. The van der Waals surface area contributed by atoms with Crippen molar-refractivity contribution in [2.24, 2.45) is 0 Å². The number of anilines is 1. The molecule has 0 bridgehead atoms. The number of rotatable bonds is 1. The van der Waals surface area contributed by atoms with Crippen molar-refractivity contribution < 1.29 is 4.39 Å². The van der Waals surface area contributed by atoms with Crippen LogP contribution in [0.1, 0.15) is 24.5 Å². The highest BCUT2D eigenvalue weighted by molar-refractivity contribution is 5.82. The summed E-state index contributed by atoms with van der Waals surface area (Å²) in [5.41, 5.74) is 7.27. The molecule has 1 aromatic carbocycles. The van der Waals surface area contributed by atoms with Gasteiger partial charge in [0.2, 0.25) is 5.95 Å². The summed E-state index contributed by atoms with van der Waals surface area (Å²) in [5, 5.41) is 4.24. The van der Waals surface area contributed by atoms with E-state index in [0.29, 0.717) is 11.4 Å². The number of benzene rings is 1. The van der Waals surface area contributed by atoms with Crippen LogP contribution in [0.25, 0.3) is 10.9 Å². The first-order valence-electron chi connectivity index (χ1n) is 6.17. The first-order valence-corrected chi connectivity index (χ1v) is 6.17. The van der Waals surface area contributed by atoms with Gasteiger partial charge in [-0.05, 0) is 38.1 Å². The number of piperidine rings is 1. The third-order valence-electron chi connectivity index (χ3n) is 3.43. The fourth-order valence-corrected chi connectivity index (χ4v) is 2.55. The number of hydrogen-bond donors (Lipinski definition) is 2. The summed E-state index contributed by atoms with van der Waals surface area (Å²) in [5.74, 6) is 0.308. The Morgan fingerprint density at radius 3 is 2.78 bits per heavy atom. The number of halogens is 1. The fourth-order valence-electron chi connectivity index (χ4n) is 2.55. The van der Waals surface area contributed by atoms with Gasteiger partial charge in [0.25, 0.3) is 0 Å².